The first-order chi connectivity index (χ1) is 16.3. The van der Waals surface area contributed by atoms with Crippen molar-refractivity contribution in [2.24, 2.45) is 34.5 Å². The molecule has 4 saturated carbocycles. The second-order valence-electron chi connectivity index (χ2n) is 13.6. The molecule has 2 nitrogen and oxygen atoms in total. The average molecular weight is 489 g/mol. The minimum absolute atomic E-state index is 0.0215. The topological polar surface area (TPSA) is 26.3 Å². The van der Waals surface area contributed by atoms with E-state index in [1.807, 2.05) is 0 Å². The molecule has 0 aromatic heterocycles. The summed E-state index contributed by atoms with van der Waals surface area (Å²) in [4.78, 5) is 12.8. The average Bonchev–Trinajstić information content (AvgIpc) is 3.14. The number of Topliss-reactive ketones (excluding diaryl/α,β-unsaturated/α-hetero) is 1. The van der Waals surface area contributed by atoms with Gasteiger partial charge in [0.25, 0.3) is 0 Å². The Balaban J connectivity index is 1.45. The maximum absolute atomic E-state index is 12.8. The Hall–Kier alpha value is -0.153. The van der Waals surface area contributed by atoms with E-state index in [0.717, 1.165) is 24.2 Å². The molecule has 0 radical (unpaired) electrons. The highest BCUT2D eigenvalue weighted by molar-refractivity contribution is 6.73. The number of fused-ring (bicyclic) bond motifs is 5. The maximum atomic E-state index is 12.8. The van der Waals surface area contributed by atoms with Gasteiger partial charge in [-0.2, -0.15) is 0 Å². The van der Waals surface area contributed by atoms with E-state index in [9.17, 15) is 4.79 Å². The highest BCUT2D eigenvalue weighted by Crippen LogP contribution is 2.65. The Morgan fingerprint density at radius 2 is 1.47 bits per heavy atom. The Labute approximate surface area is 212 Å². The summed E-state index contributed by atoms with van der Waals surface area (Å²) in [5, 5.41) is 0. The van der Waals surface area contributed by atoms with Crippen molar-refractivity contribution in [3.8, 4) is 0 Å². The van der Waals surface area contributed by atoms with Crippen molar-refractivity contribution in [2.75, 3.05) is 0 Å². The van der Waals surface area contributed by atoms with Crippen molar-refractivity contribution < 1.29 is 9.22 Å². The Kier molecular flexibility index (Phi) is 8.76. The molecule has 196 valence electrons. The van der Waals surface area contributed by atoms with E-state index in [1.165, 1.54) is 108 Å². The molecule has 0 amide bonds. The molecule has 0 saturated heterocycles. The molecule has 0 heterocycles. The van der Waals surface area contributed by atoms with Crippen LogP contribution >= 0.6 is 0 Å². The van der Waals surface area contributed by atoms with Crippen LogP contribution in [0.15, 0.2) is 0 Å². The van der Waals surface area contributed by atoms with Gasteiger partial charge in [-0.25, -0.2) is 0 Å². The van der Waals surface area contributed by atoms with Crippen molar-refractivity contribution >= 4 is 14.1 Å². The molecular formula is C31H56O2Si. The minimum Gasteiger partial charge on any atom is -0.414 e. The standard InChI is InChI=1S/C31H56O2Si/c1-6-9-20-34(21-10-7-2,22-11-8-3)33-25-16-18-30(4)24(23-25)12-13-26-27-14-15-29(32)31(27,5)19-17-28(26)30/h24-28H,6-23H2,1-5H3/t24-,25-,26+,27+,28+,30+,31+/m1/s1. The summed E-state index contributed by atoms with van der Waals surface area (Å²) >= 11 is 0. The molecule has 0 unspecified atom stereocenters. The first kappa shape index (κ1) is 26.9. The zero-order chi connectivity index (χ0) is 24.4. The van der Waals surface area contributed by atoms with Crippen LogP contribution in [0.5, 0.6) is 0 Å². The summed E-state index contributed by atoms with van der Waals surface area (Å²) in [6.45, 7) is 12.1. The van der Waals surface area contributed by atoms with Crippen LogP contribution in [0.4, 0.5) is 0 Å². The molecule has 0 aromatic rings. The van der Waals surface area contributed by atoms with Gasteiger partial charge in [-0.15, -0.1) is 0 Å². The van der Waals surface area contributed by atoms with Gasteiger partial charge in [0.1, 0.15) is 5.78 Å². The molecule has 4 rings (SSSR count). The minimum atomic E-state index is -1.63. The summed E-state index contributed by atoms with van der Waals surface area (Å²) in [5.41, 5.74) is 0.518. The largest absolute Gasteiger partial charge is 0.414 e. The first-order valence-electron chi connectivity index (χ1n) is 15.5. The lowest BCUT2D eigenvalue weighted by atomic mass is 9.45. The van der Waals surface area contributed by atoms with Crippen molar-refractivity contribution in [1.82, 2.24) is 0 Å². The SMILES string of the molecule is CCCC[Si](CCCC)(CCCC)O[C@@H]1CC[C@@]2(C)[C@H](CC[C@@H]3[C@@H]2CC[C@]2(C)C(=O)CC[C@@H]32)C1. The quantitative estimate of drug-likeness (QED) is 0.271. The van der Waals surface area contributed by atoms with Gasteiger partial charge >= 0.3 is 0 Å². The van der Waals surface area contributed by atoms with Crippen LogP contribution in [-0.4, -0.2) is 20.2 Å². The van der Waals surface area contributed by atoms with Crippen LogP contribution in [0.3, 0.4) is 0 Å². The van der Waals surface area contributed by atoms with Gasteiger partial charge in [0.15, 0.2) is 8.32 Å². The van der Waals surface area contributed by atoms with E-state index in [4.69, 9.17) is 4.43 Å². The molecule has 0 bridgehead atoms. The van der Waals surface area contributed by atoms with Gasteiger partial charge in [-0.1, -0.05) is 73.1 Å². The number of rotatable bonds is 11. The van der Waals surface area contributed by atoms with E-state index < -0.39 is 8.32 Å². The molecule has 0 N–H and O–H groups in total. The fraction of sp³-hybridized carbons (Fsp3) is 0.968. The van der Waals surface area contributed by atoms with Gasteiger partial charge < -0.3 is 4.43 Å². The monoisotopic (exact) mass is 488 g/mol. The Morgan fingerprint density at radius 3 is 2.09 bits per heavy atom. The summed E-state index contributed by atoms with van der Waals surface area (Å²) in [5.74, 6) is 3.80. The molecule has 4 aliphatic carbocycles. The molecule has 0 aromatic carbocycles. The van der Waals surface area contributed by atoms with E-state index in [-0.39, 0.29) is 5.41 Å². The van der Waals surface area contributed by atoms with Crippen molar-refractivity contribution in [3.05, 3.63) is 0 Å². The third-order valence-corrected chi connectivity index (χ3v) is 16.3. The summed E-state index contributed by atoms with van der Waals surface area (Å²) in [6.07, 6.45) is 19.9. The van der Waals surface area contributed by atoms with Gasteiger partial charge in [-0.05, 0) is 98.6 Å². The number of unbranched alkanes of at least 4 members (excludes halogenated alkanes) is 3. The molecule has 0 aliphatic heterocycles. The highest BCUT2D eigenvalue weighted by atomic mass is 28.4. The lowest BCUT2D eigenvalue weighted by Gasteiger charge is -2.60. The van der Waals surface area contributed by atoms with Gasteiger partial charge in [0, 0.05) is 17.9 Å². The normalized spacial score (nSPS) is 40.0. The zero-order valence-electron chi connectivity index (χ0n) is 23.4. The van der Waals surface area contributed by atoms with E-state index >= 15 is 0 Å². The van der Waals surface area contributed by atoms with Crippen LogP contribution in [0.1, 0.15) is 131 Å². The second-order valence-corrected chi connectivity index (χ2v) is 17.7. The Morgan fingerprint density at radius 1 is 0.824 bits per heavy atom. The second kappa shape index (κ2) is 11.1. The molecule has 4 aliphatic rings. The molecule has 4 fully saturated rings. The van der Waals surface area contributed by atoms with Crippen LogP contribution < -0.4 is 0 Å². The van der Waals surface area contributed by atoms with Crippen LogP contribution in [0, 0.1) is 34.5 Å². The zero-order valence-corrected chi connectivity index (χ0v) is 24.4. The van der Waals surface area contributed by atoms with Gasteiger partial charge in [0.2, 0.25) is 0 Å². The van der Waals surface area contributed by atoms with E-state index in [1.54, 1.807) is 0 Å². The molecular weight excluding hydrogens is 432 g/mol. The third kappa shape index (κ3) is 5.00. The number of carbonyl (C=O) groups excluding carboxylic acids is 1. The Bertz CT molecular complexity index is 669. The van der Waals surface area contributed by atoms with Gasteiger partial charge in [-0.3, -0.25) is 4.79 Å². The number of carbonyl (C=O) groups is 1. The lowest BCUT2D eigenvalue weighted by molar-refractivity contribution is -0.141. The number of hydrogen-bond donors (Lipinski definition) is 0. The van der Waals surface area contributed by atoms with Crippen LogP contribution in [0.25, 0.3) is 0 Å². The molecule has 0 spiro atoms. The molecule has 7 atom stereocenters. The van der Waals surface area contributed by atoms with Crippen molar-refractivity contribution in [1.29, 1.82) is 0 Å². The lowest BCUT2D eigenvalue weighted by Crippen LogP contribution is -2.55. The predicted molar refractivity (Wildman–Crippen MR) is 147 cm³/mol. The predicted octanol–water partition coefficient (Wildman–Crippen LogP) is 9.33. The first-order valence-corrected chi connectivity index (χ1v) is 18.1. The molecule has 34 heavy (non-hydrogen) atoms. The summed E-state index contributed by atoms with van der Waals surface area (Å²) in [7, 11) is -1.63. The fourth-order valence-corrected chi connectivity index (χ4v) is 14.5. The van der Waals surface area contributed by atoms with Gasteiger partial charge in [0.05, 0.1) is 0 Å². The van der Waals surface area contributed by atoms with E-state index in [0.29, 0.717) is 23.2 Å². The smallest absolute Gasteiger partial charge is 0.193 e. The highest BCUT2D eigenvalue weighted by Gasteiger charge is 2.60. The van der Waals surface area contributed by atoms with Crippen LogP contribution in [-0.2, 0) is 9.22 Å². The van der Waals surface area contributed by atoms with Crippen molar-refractivity contribution in [3.63, 3.8) is 0 Å². The van der Waals surface area contributed by atoms with Crippen molar-refractivity contribution in [2.45, 2.75) is 155 Å². The molecule has 3 heteroatoms. The summed E-state index contributed by atoms with van der Waals surface area (Å²) < 4.78 is 7.41. The summed E-state index contributed by atoms with van der Waals surface area (Å²) in [6, 6.07) is 4.21. The third-order valence-electron chi connectivity index (χ3n) is 11.7. The fourth-order valence-electron chi connectivity index (χ4n) is 9.50. The van der Waals surface area contributed by atoms with E-state index in [2.05, 4.69) is 34.6 Å². The number of ketones is 1. The maximum Gasteiger partial charge on any atom is 0.193 e. The van der Waals surface area contributed by atoms with Crippen LogP contribution in [0.2, 0.25) is 18.1 Å². The number of hydrogen-bond acceptors (Lipinski definition) is 2.